The molecule has 1 fully saturated rings. The fourth-order valence-electron chi connectivity index (χ4n) is 2.11. The van der Waals surface area contributed by atoms with Crippen molar-refractivity contribution in [2.45, 2.75) is 25.3 Å². The number of hydrogen-bond donors (Lipinski definition) is 0. The van der Waals surface area contributed by atoms with Gasteiger partial charge in [-0.1, -0.05) is 11.6 Å². The number of aliphatic imine (C=N–C) groups is 1. The van der Waals surface area contributed by atoms with Gasteiger partial charge in [-0.2, -0.15) is 4.99 Å². The van der Waals surface area contributed by atoms with Crippen LogP contribution in [0, 0.1) is 6.92 Å². The van der Waals surface area contributed by atoms with Gasteiger partial charge in [0.2, 0.25) is 6.08 Å². The van der Waals surface area contributed by atoms with Gasteiger partial charge in [0.15, 0.2) is 0 Å². The van der Waals surface area contributed by atoms with Gasteiger partial charge in [-0.15, -0.1) is 0 Å². The van der Waals surface area contributed by atoms with Gasteiger partial charge in [0.05, 0.1) is 19.2 Å². The van der Waals surface area contributed by atoms with E-state index in [0.717, 1.165) is 24.0 Å². The molecular formula is C13H14ClNO3. The lowest BCUT2D eigenvalue weighted by molar-refractivity contribution is 0.392. The topological polar surface area (TPSA) is 47.9 Å². The van der Waals surface area contributed by atoms with E-state index in [4.69, 9.17) is 21.1 Å². The first-order chi connectivity index (χ1) is 8.59. The van der Waals surface area contributed by atoms with E-state index in [1.165, 1.54) is 0 Å². The quantitative estimate of drug-likeness (QED) is 0.622. The lowest BCUT2D eigenvalue weighted by Crippen LogP contribution is -2.07. The molecule has 0 unspecified atom stereocenters. The molecule has 1 aromatic carbocycles. The van der Waals surface area contributed by atoms with Crippen molar-refractivity contribution in [3.05, 3.63) is 22.2 Å². The number of ether oxygens (including phenoxy) is 2. The molecular weight excluding hydrogens is 254 g/mol. The Morgan fingerprint density at radius 1 is 1.39 bits per heavy atom. The maximum Gasteiger partial charge on any atom is 0.235 e. The molecule has 0 saturated heterocycles. The summed E-state index contributed by atoms with van der Waals surface area (Å²) in [4.78, 5) is 14.4. The second-order valence-corrected chi connectivity index (χ2v) is 4.71. The lowest BCUT2D eigenvalue weighted by atomic mass is 10.0. The molecule has 0 spiro atoms. The number of nitrogens with zero attached hydrogens (tertiary/aromatic N) is 1. The molecule has 5 heteroatoms. The van der Waals surface area contributed by atoms with Crippen LogP contribution in [-0.4, -0.2) is 20.3 Å². The molecule has 1 aliphatic carbocycles. The fraction of sp³-hybridized carbons (Fsp3) is 0.462. The summed E-state index contributed by atoms with van der Waals surface area (Å²) in [5.74, 6) is 1.23. The van der Waals surface area contributed by atoms with E-state index in [1.54, 1.807) is 20.3 Å². The van der Waals surface area contributed by atoms with E-state index < -0.39 is 5.54 Å². The number of isocyanates is 1. The standard InChI is InChI=1S/C13H14ClNO3/c1-8-10(17-2)6-9(12(18-3)11(8)14)13(4-5-13)15-7-16/h6H,4-5H2,1-3H3. The summed E-state index contributed by atoms with van der Waals surface area (Å²) in [6.45, 7) is 1.86. The maximum atomic E-state index is 10.5. The smallest absolute Gasteiger partial charge is 0.235 e. The number of halogens is 1. The van der Waals surface area contributed by atoms with Crippen LogP contribution < -0.4 is 9.47 Å². The van der Waals surface area contributed by atoms with Crippen LogP contribution in [0.4, 0.5) is 0 Å². The number of methoxy groups -OCH3 is 2. The molecule has 0 atom stereocenters. The van der Waals surface area contributed by atoms with Crippen molar-refractivity contribution in [2.75, 3.05) is 14.2 Å². The fourth-order valence-corrected chi connectivity index (χ4v) is 2.38. The Morgan fingerprint density at radius 3 is 2.50 bits per heavy atom. The Labute approximate surface area is 111 Å². The van der Waals surface area contributed by atoms with Crippen molar-refractivity contribution >= 4 is 17.7 Å². The SMILES string of the molecule is COc1cc(C2(N=C=O)CC2)c(OC)c(Cl)c1C. The Hall–Kier alpha value is -1.51. The molecule has 0 N–H and O–H groups in total. The van der Waals surface area contributed by atoms with Crippen LogP contribution in [0.3, 0.4) is 0 Å². The van der Waals surface area contributed by atoms with Gasteiger partial charge in [-0.05, 0) is 25.8 Å². The van der Waals surface area contributed by atoms with E-state index >= 15 is 0 Å². The third-order valence-corrected chi connectivity index (χ3v) is 3.78. The first-order valence-corrected chi connectivity index (χ1v) is 5.98. The minimum Gasteiger partial charge on any atom is -0.496 e. The van der Waals surface area contributed by atoms with Crippen LogP contribution >= 0.6 is 11.6 Å². The van der Waals surface area contributed by atoms with Crippen molar-refractivity contribution < 1.29 is 14.3 Å². The highest BCUT2D eigenvalue weighted by Gasteiger charge is 2.47. The zero-order chi connectivity index (χ0) is 13.3. The number of hydrogen-bond acceptors (Lipinski definition) is 4. The van der Waals surface area contributed by atoms with Crippen molar-refractivity contribution in [1.29, 1.82) is 0 Å². The summed E-state index contributed by atoms with van der Waals surface area (Å²) in [7, 11) is 3.13. The summed E-state index contributed by atoms with van der Waals surface area (Å²) in [5.41, 5.74) is 1.07. The largest absolute Gasteiger partial charge is 0.496 e. The highest BCUT2D eigenvalue weighted by molar-refractivity contribution is 6.33. The van der Waals surface area contributed by atoms with E-state index in [0.29, 0.717) is 16.5 Å². The summed E-state index contributed by atoms with van der Waals surface area (Å²) in [5, 5.41) is 0.499. The molecule has 96 valence electrons. The Kier molecular flexibility index (Phi) is 3.33. The van der Waals surface area contributed by atoms with E-state index in [-0.39, 0.29) is 0 Å². The average molecular weight is 268 g/mol. The van der Waals surface area contributed by atoms with E-state index in [2.05, 4.69) is 4.99 Å². The highest BCUT2D eigenvalue weighted by atomic mass is 35.5. The number of carbonyl (C=O) groups excluding carboxylic acids is 1. The molecule has 0 heterocycles. The summed E-state index contributed by atoms with van der Waals surface area (Å²) < 4.78 is 10.6. The second-order valence-electron chi connectivity index (χ2n) is 4.33. The van der Waals surface area contributed by atoms with Crippen LogP contribution in [0.5, 0.6) is 11.5 Å². The van der Waals surface area contributed by atoms with Crippen LogP contribution in [0.1, 0.15) is 24.0 Å². The predicted octanol–water partition coefficient (Wildman–Crippen LogP) is 2.99. The molecule has 18 heavy (non-hydrogen) atoms. The van der Waals surface area contributed by atoms with Gasteiger partial charge in [0.1, 0.15) is 17.0 Å². The molecule has 0 amide bonds. The monoisotopic (exact) mass is 267 g/mol. The second kappa shape index (κ2) is 4.63. The molecule has 1 saturated carbocycles. The average Bonchev–Trinajstić information content (AvgIpc) is 3.13. The number of benzene rings is 1. The molecule has 1 aromatic rings. The minimum absolute atomic E-state index is 0.499. The van der Waals surface area contributed by atoms with Gasteiger partial charge in [0.25, 0.3) is 0 Å². The molecule has 0 aromatic heterocycles. The third kappa shape index (κ3) is 1.88. The van der Waals surface area contributed by atoms with Crippen molar-refractivity contribution in [3.63, 3.8) is 0 Å². The van der Waals surface area contributed by atoms with Crippen molar-refractivity contribution in [1.82, 2.24) is 0 Å². The Morgan fingerprint density at radius 2 is 2.06 bits per heavy atom. The van der Waals surface area contributed by atoms with Gasteiger partial charge >= 0.3 is 0 Å². The van der Waals surface area contributed by atoms with E-state index in [1.807, 2.05) is 13.0 Å². The van der Waals surface area contributed by atoms with Gasteiger partial charge in [0, 0.05) is 11.1 Å². The normalized spacial score (nSPS) is 15.8. The van der Waals surface area contributed by atoms with Gasteiger partial charge in [-0.3, -0.25) is 0 Å². The zero-order valence-corrected chi connectivity index (χ0v) is 11.3. The number of rotatable bonds is 4. The van der Waals surface area contributed by atoms with E-state index in [9.17, 15) is 4.79 Å². The Balaban J connectivity index is 2.66. The van der Waals surface area contributed by atoms with Gasteiger partial charge < -0.3 is 9.47 Å². The van der Waals surface area contributed by atoms with Crippen LogP contribution in [0.2, 0.25) is 5.02 Å². The lowest BCUT2D eigenvalue weighted by Gasteiger charge is -2.18. The molecule has 0 aliphatic heterocycles. The first kappa shape index (κ1) is 12.9. The van der Waals surface area contributed by atoms with Crippen LogP contribution in [0.25, 0.3) is 0 Å². The zero-order valence-electron chi connectivity index (χ0n) is 10.5. The minimum atomic E-state index is -0.530. The van der Waals surface area contributed by atoms with Crippen molar-refractivity contribution in [3.8, 4) is 11.5 Å². The maximum absolute atomic E-state index is 10.5. The molecule has 0 radical (unpaired) electrons. The summed E-state index contributed by atoms with van der Waals surface area (Å²) in [6.07, 6.45) is 3.21. The van der Waals surface area contributed by atoms with Crippen LogP contribution in [-0.2, 0) is 10.3 Å². The highest BCUT2D eigenvalue weighted by Crippen LogP contribution is 2.55. The molecule has 0 bridgehead atoms. The van der Waals surface area contributed by atoms with Gasteiger partial charge in [-0.25, -0.2) is 4.79 Å². The predicted molar refractivity (Wildman–Crippen MR) is 68.3 cm³/mol. The van der Waals surface area contributed by atoms with Crippen molar-refractivity contribution in [2.24, 2.45) is 4.99 Å². The molecule has 4 nitrogen and oxygen atoms in total. The molecule has 1 aliphatic rings. The summed E-state index contributed by atoms with van der Waals surface area (Å²) in [6, 6.07) is 1.84. The first-order valence-electron chi connectivity index (χ1n) is 5.60. The van der Waals surface area contributed by atoms with Crippen LogP contribution in [0.15, 0.2) is 11.1 Å². The third-order valence-electron chi connectivity index (χ3n) is 3.33. The summed E-state index contributed by atoms with van der Waals surface area (Å²) >= 11 is 6.27. The molecule has 2 rings (SSSR count). The Bertz CT molecular complexity index is 532.